The van der Waals surface area contributed by atoms with Gasteiger partial charge in [0.05, 0.1) is 20.5 Å². The van der Waals surface area contributed by atoms with E-state index in [2.05, 4.69) is 10.6 Å². The van der Waals surface area contributed by atoms with E-state index in [1.807, 2.05) is 30.3 Å². The predicted molar refractivity (Wildman–Crippen MR) is 117 cm³/mol. The highest BCUT2D eigenvalue weighted by Gasteiger charge is 2.17. The van der Waals surface area contributed by atoms with Gasteiger partial charge in [0.2, 0.25) is 0 Å². The summed E-state index contributed by atoms with van der Waals surface area (Å²) < 4.78 is 15.7. The molecule has 7 heteroatoms. The third-order valence-corrected chi connectivity index (χ3v) is 4.51. The van der Waals surface area contributed by atoms with Crippen LogP contribution in [-0.2, 0) is 11.2 Å². The Morgan fingerprint density at radius 3 is 2.42 bits per heavy atom. The quantitative estimate of drug-likeness (QED) is 0.518. The van der Waals surface area contributed by atoms with Gasteiger partial charge < -0.3 is 24.5 Å². The maximum atomic E-state index is 12.8. The second-order valence-electron chi connectivity index (χ2n) is 6.59. The van der Waals surface area contributed by atoms with Crippen LogP contribution in [0.2, 0.25) is 0 Å². The van der Waals surface area contributed by atoms with Crippen LogP contribution in [0.5, 0.6) is 11.5 Å². The summed E-state index contributed by atoms with van der Waals surface area (Å²) in [7, 11) is 3.00. The molecule has 160 valence electrons. The van der Waals surface area contributed by atoms with E-state index in [0.717, 1.165) is 5.56 Å². The molecule has 0 aliphatic heterocycles. The van der Waals surface area contributed by atoms with Gasteiger partial charge in [-0.05, 0) is 42.3 Å². The number of nitrogens with one attached hydrogen (secondary N) is 2. The van der Waals surface area contributed by atoms with Crippen LogP contribution in [0, 0.1) is 0 Å². The van der Waals surface area contributed by atoms with E-state index in [4.69, 9.17) is 13.9 Å². The molecule has 0 fully saturated rings. The Morgan fingerprint density at radius 1 is 0.968 bits per heavy atom. The summed E-state index contributed by atoms with van der Waals surface area (Å²) in [5.41, 5.74) is 1.50. The van der Waals surface area contributed by atoms with Gasteiger partial charge in [0.1, 0.15) is 11.5 Å². The molecule has 0 spiro atoms. The topological polar surface area (TPSA) is 89.8 Å². The van der Waals surface area contributed by atoms with Gasteiger partial charge in [-0.15, -0.1) is 0 Å². The first-order valence-electron chi connectivity index (χ1n) is 9.71. The lowest BCUT2D eigenvalue weighted by atomic mass is 10.1. The van der Waals surface area contributed by atoms with E-state index in [-0.39, 0.29) is 5.70 Å². The maximum absolute atomic E-state index is 12.8. The second kappa shape index (κ2) is 10.7. The summed E-state index contributed by atoms with van der Waals surface area (Å²) >= 11 is 0. The number of hydrogen-bond acceptors (Lipinski definition) is 5. The third kappa shape index (κ3) is 5.99. The van der Waals surface area contributed by atoms with Crippen molar-refractivity contribution in [1.82, 2.24) is 10.6 Å². The number of hydrogen-bond donors (Lipinski definition) is 2. The van der Waals surface area contributed by atoms with Crippen LogP contribution in [0.3, 0.4) is 0 Å². The van der Waals surface area contributed by atoms with Gasteiger partial charge in [-0.25, -0.2) is 0 Å². The number of carbonyl (C=O) groups excluding carboxylic acids is 2. The van der Waals surface area contributed by atoms with E-state index in [1.165, 1.54) is 26.6 Å². The van der Waals surface area contributed by atoms with Crippen molar-refractivity contribution in [1.29, 1.82) is 0 Å². The third-order valence-electron chi connectivity index (χ3n) is 4.51. The summed E-state index contributed by atoms with van der Waals surface area (Å²) in [6.07, 6.45) is 3.65. The van der Waals surface area contributed by atoms with Crippen molar-refractivity contribution in [2.75, 3.05) is 20.8 Å². The first-order chi connectivity index (χ1) is 15.1. The van der Waals surface area contributed by atoms with Gasteiger partial charge in [-0.3, -0.25) is 9.59 Å². The molecule has 1 aromatic heterocycles. The van der Waals surface area contributed by atoms with Crippen molar-refractivity contribution in [2.24, 2.45) is 0 Å². The first-order valence-corrected chi connectivity index (χ1v) is 9.71. The molecule has 7 nitrogen and oxygen atoms in total. The Labute approximate surface area is 180 Å². The predicted octanol–water partition coefficient (Wildman–Crippen LogP) is 3.43. The van der Waals surface area contributed by atoms with Gasteiger partial charge in [0.25, 0.3) is 11.8 Å². The highest BCUT2D eigenvalue weighted by atomic mass is 16.5. The average Bonchev–Trinajstić information content (AvgIpc) is 3.32. The summed E-state index contributed by atoms with van der Waals surface area (Å²) in [6, 6.07) is 18.0. The lowest BCUT2D eigenvalue weighted by Crippen LogP contribution is -2.35. The minimum atomic E-state index is -0.461. The van der Waals surface area contributed by atoms with Crippen LogP contribution >= 0.6 is 0 Å². The normalized spacial score (nSPS) is 11.0. The Bertz CT molecular complexity index is 1040. The average molecular weight is 420 g/mol. The van der Waals surface area contributed by atoms with Crippen LogP contribution in [0.15, 0.2) is 77.0 Å². The number of carbonyl (C=O) groups is 2. The van der Waals surface area contributed by atoms with Crippen LogP contribution in [0.25, 0.3) is 6.08 Å². The molecule has 0 radical (unpaired) electrons. The number of rotatable bonds is 9. The van der Waals surface area contributed by atoms with E-state index < -0.39 is 11.8 Å². The van der Waals surface area contributed by atoms with Crippen LogP contribution in [0.4, 0.5) is 0 Å². The Kier molecular flexibility index (Phi) is 7.48. The molecule has 31 heavy (non-hydrogen) atoms. The zero-order valence-corrected chi connectivity index (χ0v) is 17.4. The number of amides is 2. The van der Waals surface area contributed by atoms with Crippen molar-refractivity contribution >= 4 is 17.9 Å². The number of furan rings is 1. The second-order valence-corrected chi connectivity index (χ2v) is 6.59. The van der Waals surface area contributed by atoms with Crippen molar-refractivity contribution in [3.05, 3.63) is 89.5 Å². The molecule has 0 aliphatic carbocycles. The van der Waals surface area contributed by atoms with E-state index in [9.17, 15) is 9.59 Å². The Morgan fingerprint density at radius 2 is 1.74 bits per heavy atom. The SMILES string of the molecule is COc1ccc(C(=O)N/C(=C\c2ccco2)C(=O)NCCc2ccccc2)cc1OC. The van der Waals surface area contributed by atoms with E-state index in [1.54, 1.807) is 30.3 Å². The summed E-state index contributed by atoms with van der Waals surface area (Å²) in [5.74, 6) is 0.488. The number of ether oxygens (including phenoxy) is 2. The molecular weight excluding hydrogens is 396 g/mol. The molecule has 0 saturated heterocycles. The fourth-order valence-corrected chi connectivity index (χ4v) is 2.91. The van der Waals surface area contributed by atoms with Crippen LogP contribution in [0.1, 0.15) is 21.7 Å². The van der Waals surface area contributed by atoms with Crippen molar-refractivity contribution in [3.8, 4) is 11.5 Å². The van der Waals surface area contributed by atoms with Gasteiger partial charge in [0, 0.05) is 18.2 Å². The smallest absolute Gasteiger partial charge is 0.267 e. The highest BCUT2D eigenvalue weighted by molar-refractivity contribution is 6.05. The van der Waals surface area contributed by atoms with Gasteiger partial charge >= 0.3 is 0 Å². The first kappa shape index (κ1) is 21.7. The Balaban J connectivity index is 1.73. The van der Waals surface area contributed by atoms with E-state index in [0.29, 0.717) is 35.8 Å². The van der Waals surface area contributed by atoms with Gasteiger partial charge in [-0.2, -0.15) is 0 Å². The molecule has 3 aromatic rings. The van der Waals surface area contributed by atoms with E-state index >= 15 is 0 Å². The number of methoxy groups -OCH3 is 2. The molecule has 3 rings (SSSR count). The molecule has 2 amide bonds. The van der Waals surface area contributed by atoms with Crippen molar-refractivity contribution in [2.45, 2.75) is 6.42 Å². The van der Waals surface area contributed by atoms with Crippen LogP contribution in [-0.4, -0.2) is 32.6 Å². The zero-order valence-electron chi connectivity index (χ0n) is 17.4. The molecular formula is C24H24N2O5. The zero-order chi connectivity index (χ0) is 22.1. The molecule has 2 N–H and O–H groups in total. The summed E-state index contributed by atoms with van der Waals surface area (Å²) in [4.78, 5) is 25.6. The van der Waals surface area contributed by atoms with Gasteiger partial charge in [0.15, 0.2) is 11.5 Å². The fraction of sp³-hybridized carbons (Fsp3) is 0.167. The molecule has 0 bridgehead atoms. The highest BCUT2D eigenvalue weighted by Crippen LogP contribution is 2.27. The molecule has 0 aliphatic rings. The molecule has 0 saturated carbocycles. The van der Waals surface area contributed by atoms with Crippen LogP contribution < -0.4 is 20.1 Å². The minimum Gasteiger partial charge on any atom is -0.493 e. The molecule has 1 heterocycles. The maximum Gasteiger partial charge on any atom is 0.267 e. The van der Waals surface area contributed by atoms with Crippen molar-refractivity contribution < 1.29 is 23.5 Å². The Hall–Kier alpha value is -4.00. The molecule has 0 unspecified atom stereocenters. The van der Waals surface area contributed by atoms with Gasteiger partial charge in [-0.1, -0.05) is 30.3 Å². The lowest BCUT2D eigenvalue weighted by molar-refractivity contribution is -0.117. The van der Waals surface area contributed by atoms with Crippen molar-refractivity contribution in [3.63, 3.8) is 0 Å². The number of benzene rings is 2. The largest absolute Gasteiger partial charge is 0.493 e. The standard InChI is InChI=1S/C24H24N2O5/c1-29-21-11-10-18(15-22(21)30-2)23(27)26-20(16-19-9-6-14-31-19)24(28)25-13-12-17-7-4-3-5-8-17/h3-11,14-16H,12-13H2,1-2H3,(H,25,28)(H,26,27)/b20-16-. The summed E-state index contributed by atoms with van der Waals surface area (Å²) in [5, 5.41) is 5.50. The molecule has 0 atom stereocenters. The fourth-order valence-electron chi connectivity index (χ4n) is 2.91. The monoisotopic (exact) mass is 420 g/mol. The minimum absolute atomic E-state index is 0.0720. The molecule has 2 aromatic carbocycles. The summed E-state index contributed by atoms with van der Waals surface area (Å²) in [6.45, 7) is 0.421. The lowest BCUT2D eigenvalue weighted by Gasteiger charge is -2.12.